The Morgan fingerprint density at radius 1 is 1.11 bits per heavy atom. The number of rotatable bonds is 7. The van der Waals surface area contributed by atoms with Crippen molar-refractivity contribution in [3.63, 3.8) is 0 Å². The van der Waals surface area contributed by atoms with Gasteiger partial charge in [0.2, 0.25) is 10.0 Å². The fraction of sp³-hybridized carbons (Fsp3) is 0.556. The van der Waals surface area contributed by atoms with E-state index in [0.717, 1.165) is 0 Å². The SMILES string of the molecule is CN=C(NCCNC(=O)OC(C)(C)C)NCc1ccccc1S(=O)(=O)N(C)C. The number of hydrogen-bond donors (Lipinski definition) is 3. The van der Waals surface area contributed by atoms with Gasteiger partial charge in [-0.3, -0.25) is 4.99 Å². The molecule has 28 heavy (non-hydrogen) atoms. The first-order valence-electron chi connectivity index (χ1n) is 8.89. The summed E-state index contributed by atoms with van der Waals surface area (Å²) < 4.78 is 31.2. The van der Waals surface area contributed by atoms with E-state index in [1.807, 2.05) is 0 Å². The molecular weight excluding hydrogens is 382 g/mol. The van der Waals surface area contributed by atoms with Gasteiger partial charge in [0.25, 0.3) is 0 Å². The third kappa shape index (κ3) is 7.73. The van der Waals surface area contributed by atoms with Crippen molar-refractivity contribution in [3.05, 3.63) is 29.8 Å². The van der Waals surface area contributed by atoms with Crippen molar-refractivity contribution in [2.24, 2.45) is 4.99 Å². The second-order valence-corrected chi connectivity index (χ2v) is 9.30. The van der Waals surface area contributed by atoms with Gasteiger partial charge in [0, 0.05) is 40.8 Å². The summed E-state index contributed by atoms with van der Waals surface area (Å²) in [5, 5.41) is 8.77. The van der Waals surface area contributed by atoms with E-state index in [1.165, 1.54) is 18.4 Å². The van der Waals surface area contributed by atoms with Crippen molar-refractivity contribution in [1.82, 2.24) is 20.3 Å². The Hall–Kier alpha value is -2.33. The topological polar surface area (TPSA) is 112 Å². The Balaban J connectivity index is 2.57. The number of sulfonamides is 1. The molecule has 0 saturated carbocycles. The van der Waals surface area contributed by atoms with E-state index < -0.39 is 21.7 Å². The number of guanidine groups is 1. The lowest BCUT2D eigenvalue weighted by Gasteiger charge is -2.20. The number of aliphatic imine (C=N–C) groups is 1. The predicted octanol–water partition coefficient (Wildman–Crippen LogP) is 1.13. The number of nitrogens with one attached hydrogen (secondary N) is 3. The normalized spacial score (nSPS) is 12.6. The Morgan fingerprint density at radius 2 is 1.71 bits per heavy atom. The summed E-state index contributed by atoms with van der Waals surface area (Å²) in [7, 11) is 1.07. The minimum Gasteiger partial charge on any atom is -0.444 e. The molecule has 0 heterocycles. The van der Waals surface area contributed by atoms with Crippen LogP contribution >= 0.6 is 0 Å². The van der Waals surface area contributed by atoms with Crippen LogP contribution in [0.1, 0.15) is 26.3 Å². The van der Waals surface area contributed by atoms with Crippen LogP contribution in [0.5, 0.6) is 0 Å². The summed E-state index contributed by atoms with van der Waals surface area (Å²) in [4.78, 5) is 15.9. The maximum Gasteiger partial charge on any atom is 0.407 e. The first kappa shape index (κ1) is 23.7. The number of benzene rings is 1. The molecule has 0 atom stereocenters. The Bertz CT molecular complexity index is 785. The first-order valence-corrected chi connectivity index (χ1v) is 10.3. The van der Waals surface area contributed by atoms with Crippen molar-refractivity contribution in [2.45, 2.75) is 37.8 Å². The lowest BCUT2D eigenvalue weighted by molar-refractivity contribution is 0.0529. The van der Waals surface area contributed by atoms with Gasteiger partial charge in [-0.2, -0.15) is 0 Å². The van der Waals surface area contributed by atoms with Crippen molar-refractivity contribution in [3.8, 4) is 0 Å². The fourth-order valence-electron chi connectivity index (χ4n) is 2.16. The molecule has 0 unspecified atom stereocenters. The van der Waals surface area contributed by atoms with E-state index >= 15 is 0 Å². The number of carbonyl (C=O) groups is 1. The Kier molecular flexibility index (Phi) is 8.70. The van der Waals surface area contributed by atoms with Crippen molar-refractivity contribution >= 4 is 22.1 Å². The highest BCUT2D eigenvalue weighted by Gasteiger charge is 2.20. The van der Waals surface area contributed by atoms with Crippen LogP contribution in [-0.2, 0) is 21.3 Å². The fourth-order valence-corrected chi connectivity index (χ4v) is 3.27. The molecule has 0 aliphatic rings. The summed E-state index contributed by atoms with van der Waals surface area (Å²) in [6, 6.07) is 6.80. The molecule has 0 saturated heterocycles. The van der Waals surface area contributed by atoms with Gasteiger partial charge < -0.3 is 20.7 Å². The molecule has 1 amide bonds. The zero-order chi connectivity index (χ0) is 21.4. The minimum atomic E-state index is -3.54. The van der Waals surface area contributed by atoms with Gasteiger partial charge in [-0.25, -0.2) is 17.5 Å². The van der Waals surface area contributed by atoms with Crippen molar-refractivity contribution < 1.29 is 17.9 Å². The standard InChI is InChI=1S/C18H31N5O4S/c1-18(2,3)27-17(24)21-12-11-20-16(19-4)22-13-14-9-7-8-10-15(14)28(25,26)23(5)6/h7-10H,11-13H2,1-6H3,(H,21,24)(H2,19,20,22). The summed E-state index contributed by atoms with van der Waals surface area (Å²) in [6.45, 7) is 6.45. The quantitative estimate of drug-likeness (QED) is 0.351. The van der Waals surface area contributed by atoms with Gasteiger partial charge in [0.05, 0.1) is 4.90 Å². The van der Waals surface area contributed by atoms with Gasteiger partial charge >= 0.3 is 6.09 Å². The molecule has 9 nitrogen and oxygen atoms in total. The number of carbonyl (C=O) groups excluding carboxylic acids is 1. The lowest BCUT2D eigenvalue weighted by atomic mass is 10.2. The number of alkyl carbamates (subject to hydrolysis) is 1. The van der Waals surface area contributed by atoms with Gasteiger partial charge in [0.1, 0.15) is 5.60 Å². The minimum absolute atomic E-state index is 0.245. The molecule has 0 aliphatic heterocycles. The van der Waals surface area contributed by atoms with E-state index in [0.29, 0.717) is 24.6 Å². The largest absolute Gasteiger partial charge is 0.444 e. The predicted molar refractivity (Wildman–Crippen MR) is 110 cm³/mol. The molecule has 0 fully saturated rings. The zero-order valence-electron chi connectivity index (χ0n) is 17.4. The van der Waals surface area contributed by atoms with Crippen LogP contribution < -0.4 is 16.0 Å². The molecule has 0 aromatic heterocycles. The number of ether oxygens (including phenoxy) is 1. The van der Waals surface area contributed by atoms with Crippen LogP contribution in [0.4, 0.5) is 4.79 Å². The molecule has 1 aromatic rings. The Morgan fingerprint density at radius 3 is 2.29 bits per heavy atom. The van der Waals surface area contributed by atoms with Crippen LogP contribution in [0.3, 0.4) is 0 Å². The van der Waals surface area contributed by atoms with Gasteiger partial charge in [-0.1, -0.05) is 18.2 Å². The summed E-state index contributed by atoms with van der Waals surface area (Å²) in [6.07, 6.45) is -0.486. The lowest BCUT2D eigenvalue weighted by Crippen LogP contribution is -2.42. The summed E-state index contributed by atoms with van der Waals surface area (Å²) in [5.41, 5.74) is 0.0843. The summed E-state index contributed by atoms with van der Waals surface area (Å²) in [5.74, 6) is 0.489. The smallest absolute Gasteiger partial charge is 0.407 e. The molecular formula is C18H31N5O4S. The molecule has 0 bridgehead atoms. The second kappa shape index (κ2) is 10.3. The molecule has 0 aliphatic carbocycles. The zero-order valence-corrected chi connectivity index (χ0v) is 18.2. The highest BCUT2D eigenvalue weighted by atomic mass is 32.2. The van der Waals surface area contributed by atoms with Crippen LogP contribution in [0.15, 0.2) is 34.2 Å². The van der Waals surface area contributed by atoms with E-state index in [-0.39, 0.29) is 11.4 Å². The van der Waals surface area contributed by atoms with Crippen molar-refractivity contribution in [2.75, 3.05) is 34.2 Å². The summed E-state index contributed by atoms with van der Waals surface area (Å²) >= 11 is 0. The third-order valence-electron chi connectivity index (χ3n) is 3.49. The number of amides is 1. The molecule has 1 aromatic carbocycles. The average Bonchev–Trinajstić information content (AvgIpc) is 2.59. The Labute approximate surface area is 167 Å². The highest BCUT2D eigenvalue weighted by Crippen LogP contribution is 2.18. The highest BCUT2D eigenvalue weighted by molar-refractivity contribution is 7.89. The van der Waals surface area contributed by atoms with Crippen LogP contribution in [-0.4, -0.2) is 64.6 Å². The van der Waals surface area contributed by atoms with Gasteiger partial charge in [-0.05, 0) is 32.4 Å². The maximum atomic E-state index is 12.4. The third-order valence-corrected chi connectivity index (χ3v) is 5.40. The van der Waals surface area contributed by atoms with E-state index in [9.17, 15) is 13.2 Å². The average molecular weight is 414 g/mol. The van der Waals surface area contributed by atoms with Gasteiger partial charge in [-0.15, -0.1) is 0 Å². The van der Waals surface area contributed by atoms with Crippen LogP contribution in [0.25, 0.3) is 0 Å². The van der Waals surface area contributed by atoms with E-state index in [1.54, 1.807) is 52.1 Å². The monoisotopic (exact) mass is 413 g/mol. The van der Waals surface area contributed by atoms with Gasteiger partial charge in [0.15, 0.2) is 5.96 Å². The number of nitrogens with zero attached hydrogens (tertiary/aromatic N) is 2. The maximum absolute atomic E-state index is 12.4. The first-order chi connectivity index (χ1) is 13.0. The molecule has 3 N–H and O–H groups in total. The molecule has 1 rings (SSSR count). The molecule has 0 spiro atoms. The van der Waals surface area contributed by atoms with Crippen molar-refractivity contribution in [1.29, 1.82) is 0 Å². The van der Waals surface area contributed by atoms with Crippen LogP contribution in [0.2, 0.25) is 0 Å². The molecule has 0 radical (unpaired) electrons. The van der Waals surface area contributed by atoms with E-state index in [4.69, 9.17) is 4.74 Å². The number of hydrogen-bond acceptors (Lipinski definition) is 5. The van der Waals surface area contributed by atoms with E-state index in [2.05, 4.69) is 20.9 Å². The van der Waals surface area contributed by atoms with Crippen LogP contribution in [0, 0.1) is 0 Å². The second-order valence-electron chi connectivity index (χ2n) is 7.18. The molecule has 10 heteroatoms. The molecule has 158 valence electrons.